The van der Waals surface area contributed by atoms with Gasteiger partial charge in [0.1, 0.15) is 6.54 Å². The van der Waals surface area contributed by atoms with Crippen molar-refractivity contribution in [3.05, 3.63) is 47.0 Å². The van der Waals surface area contributed by atoms with E-state index in [4.69, 9.17) is 4.74 Å². The molecule has 1 amide bonds. The molecule has 0 aliphatic carbocycles. The monoisotopic (exact) mass is 356 g/mol. The van der Waals surface area contributed by atoms with E-state index in [-0.39, 0.29) is 12.0 Å². The Morgan fingerprint density at radius 3 is 2.92 bits per heavy atom. The van der Waals surface area contributed by atoms with E-state index in [2.05, 4.69) is 17.0 Å². The van der Waals surface area contributed by atoms with Crippen LogP contribution in [0.5, 0.6) is 0 Å². The van der Waals surface area contributed by atoms with Crippen LogP contribution in [0.2, 0.25) is 0 Å². The van der Waals surface area contributed by atoms with E-state index in [1.165, 1.54) is 5.56 Å². The maximum absolute atomic E-state index is 12.7. The number of rotatable bonds is 6. The lowest BCUT2D eigenvalue weighted by atomic mass is 10.1. The summed E-state index contributed by atoms with van der Waals surface area (Å²) < 4.78 is 7.85. The van der Waals surface area contributed by atoms with Crippen molar-refractivity contribution in [3.8, 4) is 0 Å². The molecule has 6 nitrogen and oxygen atoms in total. The lowest BCUT2D eigenvalue weighted by Gasteiger charge is -2.32. The predicted molar refractivity (Wildman–Crippen MR) is 99.7 cm³/mol. The van der Waals surface area contributed by atoms with Crippen LogP contribution in [0.1, 0.15) is 42.3 Å². The summed E-state index contributed by atoms with van der Waals surface area (Å²) in [6.45, 7) is 8.47. The highest BCUT2D eigenvalue weighted by Gasteiger charge is 2.25. The van der Waals surface area contributed by atoms with Crippen molar-refractivity contribution in [1.82, 2.24) is 19.7 Å². The first-order valence-corrected chi connectivity index (χ1v) is 9.39. The Bertz CT molecular complexity index is 742. The molecule has 0 spiro atoms. The number of amides is 1. The molecule has 1 atom stereocenters. The largest absolute Gasteiger partial charge is 0.372 e. The highest BCUT2D eigenvalue weighted by Crippen LogP contribution is 2.17. The molecule has 3 rings (SSSR count). The van der Waals surface area contributed by atoms with Crippen molar-refractivity contribution in [2.75, 3.05) is 13.1 Å². The second kappa shape index (κ2) is 8.45. The van der Waals surface area contributed by atoms with Gasteiger partial charge in [-0.25, -0.2) is 0 Å². The molecule has 1 aliphatic heterocycles. The Kier molecular flexibility index (Phi) is 6.04. The summed E-state index contributed by atoms with van der Waals surface area (Å²) in [5.74, 6) is 0.118. The van der Waals surface area contributed by atoms with E-state index in [1.807, 2.05) is 41.8 Å². The third-order valence-corrected chi connectivity index (χ3v) is 5.11. The third kappa shape index (κ3) is 4.30. The third-order valence-electron chi connectivity index (χ3n) is 5.11. The van der Waals surface area contributed by atoms with Crippen molar-refractivity contribution < 1.29 is 9.53 Å². The Morgan fingerprint density at radius 1 is 1.38 bits per heavy atom. The van der Waals surface area contributed by atoms with Gasteiger partial charge < -0.3 is 9.64 Å². The van der Waals surface area contributed by atoms with Crippen LogP contribution in [0.15, 0.2) is 24.5 Å². The van der Waals surface area contributed by atoms with Crippen LogP contribution in [0.25, 0.3) is 0 Å². The Balaban J connectivity index is 1.56. The zero-order chi connectivity index (χ0) is 18.5. The number of aromatic nitrogens is 3. The highest BCUT2D eigenvalue weighted by atomic mass is 16.5. The highest BCUT2D eigenvalue weighted by molar-refractivity contribution is 5.76. The molecule has 2 aromatic heterocycles. The van der Waals surface area contributed by atoms with Crippen LogP contribution in [-0.4, -0.2) is 44.8 Å². The first kappa shape index (κ1) is 18.6. The van der Waals surface area contributed by atoms with Crippen molar-refractivity contribution in [2.45, 2.75) is 59.3 Å². The minimum Gasteiger partial charge on any atom is -0.372 e. The SMILES string of the molecule is CCc1c(C)nn(CC(=O)N2CCC[C@@H](OCc3cccnc3)C2)c1C. The van der Waals surface area contributed by atoms with Gasteiger partial charge in [-0.2, -0.15) is 5.10 Å². The Hall–Kier alpha value is -2.21. The summed E-state index contributed by atoms with van der Waals surface area (Å²) in [6, 6.07) is 3.92. The fourth-order valence-electron chi connectivity index (χ4n) is 3.63. The van der Waals surface area contributed by atoms with Gasteiger partial charge in [0.15, 0.2) is 0 Å². The quantitative estimate of drug-likeness (QED) is 0.798. The van der Waals surface area contributed by atoms with Crippen LogP contribution in [0.4, 0.5) is 0 Å². The summed E-state index contributed by atoms with van der Waals surface area (Å²) in [5.41, 5.74) is 4.42. The summed E-state index contributed by atoms with van der Waals surface area (Å²) in [4.78, 5) is 18.8. The Labute approximate surface area is 155 Å². The van der Waals surface area contributed by atoms with Gasteiger partial charge in [0, 0.05) is 31.2 Å². The number of carbonyl (C=O) groups is 1. The number of hydrogen-bond donors (Lipinski definition) is 0. The second-order valence-corrected chi connectivity index (χ2v) is 6.94. The molecule has 26 heavy (non-hydrogen) atoms. The Morgan fingerprint density at radius 2 is 2.23 bits per heavy atom. The first-order chi connectivity index (χ1) is 12.6. The maximum Gasteiger partial charge on any atom is 0.244 e. The summed E-state index contributed by atoms with van der Waals surface area (Å²) in [7, 11) is 0. The molecule has 0 unspecified atom stereocenters. The van der Waals surface area contributed by atoms with Crippen molar-refractivity contribution in [1.29, 1.82) is 0 Å². The predicted octanol–water partition coefficient (Wildman–Crippen LogP) is 2.67. The number of pyridine rings is 1. The minimum absolute atomic E-state index is 0.0829. The van der Waals surface area contributed by atoms with Crippen LogP contribution >= 0.6 is 0 Å². The number of likely N-dealkylation sites (tertiary alicyclic amines) is 1. The molecular formula is C20H28N4O2. The van der Waals surface area contributed by atoms with Gasteiger partial charge in [-0.05, 0) is 50.3 Å². The molecule has 6 heteroatoms. The number of hydrogen-bond acceptors (Lipinski definition) is 4. The second-order valence-electron chi connectivity index (χ2n) is 6.94. The molecule has 0 radical (unpaired) electrons. The molecule has 2 aromatic rings. The summed E-state index contributed by atoms with van der Waals surface area (Å²) >= 11 is 0. The zero-order valence-corrected chi connectivity index (χ0v) is 15.9. The number of carbonyl (C=O) groups excluding carboxylic acids is 1. The fraction of sp³-hybridized carbons (Fsp3) is 0.550. The van der Waals surface area contributed by atoms with Gasteiger partial charge in [0.2, 0.25) is 5.91 Å². The maximum atomic E-state index is 12.7. The average Bonchev–Trinajstić information content (AvgIpc) is 2.93. The first-order valence-electron chi connectivity index (χ1n) is 9.39. The van der Waals surface area contributed by atoms with E-state index in [9.17, 15) is 4.79 Å². The average molecular weight is 356 g/mol. The molecule has 0 aromatic carbocycles. The van der Waals surface area contributed by atoms with Crippen molar-refractivity contribution in [3.63, 3.8) is 0 Å². The van der Waals surface area contributed by atoms with Crippen molar-refractivity contribution >= 4 is 5.91 Å². The normalized spacial score (nSPS) is 17.5. The van der Waals surface area contributed by atoms with E-state index in [1.54, 1.807) is 6.20 Å². The number of ether oxygens (including phenoxy) is 1. The fourth-order valence-corrected chi connectivity index (χ4v) is 3.63. The molecule has 0 N–H and O–H groups in total. The summed E-state index contributed by atoms with van der Waals surface area (Å²) in [5, 5.41) is 4.54. The van der Waals surface area contributed by atoms with Gasteiger partial charge >= 0.3 is 0 Å². The lowest BCUT2D eigenvalue weighted by Crippen LogP contribution is -2.44. The van der Waals surface area contributed by atoms with Crippen LogP contribution in [0, 0.1) is 13.8 Å². The lowest BCUT2D eigenvalue weighted by molar-refractivity contribution is -0.136. The van der Waals surface area contributed by atoms with Gasteiger partial charge in [-0.15, -0.1) is 0 Å². The topological polar surface area (TPSA) is 60.2 Å². The number of nitrogens with zero attached hydrogens (tertiary/aromatic N) is 4. The molecule has 0 bridgehead atoms. The summed E-state index contributed by atoms with van der Waals surface area (Å²) in [6.07, 6.45) is 6.57. The molecule has 1 aliphatic rings. The molecule has 1 saturated heterocycles. The van der Waals surface area contributed by atoms with E-state index in [0.29, 0.717) is 19.7 Å². The molecular weight excluding hydrogens is 328 g/mol. The van der Waals surface area contributed by atoms with Gasteiger partial charge in [0.05, 0.1) is 18.4 Å². The van der Waals surface area contributed by atoms with Crippen LogP contribution in [0.3, 0.4) is 0 Å². The minimum atomic E-state index is 0.0829. The van der Waals surface area contributed by atoms with E-state index < -0.39 is 0 Å². The molecule has 0 saturated carbocycles. The molecule has 3 heterocycles. The van der Waals surface area contributed by atoms with Crippen molar-refractivity contribution in [2.24, 2.45) is 0 Å². The van der Waals surface area contributed by atoms with Gasteiger partial charge in [-0.1, -0.05) is 13.0 Å². The standard InChI is InChI=1S/C20H28N4O2/c1-4-19-15(2)22-24(16(19)3)13-20(25)23-10-6-8-18(12-23)26-14-17-7-5-9-21-11-17/h5,7,9,11,18H,4,6,8,10,12-14H2,1-3H3/t18-/m1/s1. The van der Waals surface area contributed by atoms with Gasteiger partial charge in [0.25, 0.3) is 0 Å². The molecule has 140 valence electrons. The van der Waals surface area contributed by atoms with Gasteiger partial charge in [-0.3, -0.25) is 14.5 Å². The molecule has 1 fully saturated rings. The van der Waals surface area contributed by atoms with E-state index >= 15 is 0 Å². The zero-order valence-electron chi connectivity index (χ0n) is 15.9. The van der Waals surface area contributed by atoms with E-state index in [0.717, 1.165) is 42.8 Å². The van der Waals surface area contributed by atoms with Crippen LogP contribution < -0.4 is 0 Å². The number of aryl methyl sites for hydroxylation is 1. The smallest absolute Gasteiger partial charge is 0.244 e. The number of piperidine rings is 1. The van der Waals surface area contributed by atoms with Crippen LogP contribution in [-0.2, 0) is 29.1 Å².